The molecule has 0 aliphatic rings. The number of aryl methyl sites for hydroxylation is 1. The number of hydrogen-bond donors (Lipinski definition) is 1. The molecule has 1 N–H and O–H groups in total. The highest BCUT2D eigenvalue weighted by molar-refractivity contribution is 7.98. The molecule has 1 heterocycles. The smallest absolute Gasteiger partial charge is 0.360 e. The fraction of sp³-hybridized carbons (Fsp3) is 0.158. The first-order chi connectivity index (χ1) is 13.2. The maximum atomic E-state index is 13.0. The number of aromatic nitrogens is 1. The summed E-state index contributed by atoms with van der Waals surface area (Å²) < 4.78 is 44.2. The number of alkyl halides is 3. The molecule has 9 heteroatoms. The van der Waals surface area contributed by atoms with Crippen molar-refractivity contribution in [2.24, 2.45) is 0 Å². The van der Waals surface area contributed by atoms with Gasteiger partial charge in [-0.25, -0.2) is 0 Å². The summed E-state index contributed by atoms with van der Waals surface area (Å²) in [6, 6.07) is 11.8. The van der Waals surface area contributed by atoms with E-state index < -0.39 is 22.7 Å². The van der Waals surface area contributed by atoms with Crippen molar-refractivity contribution in [3.05, 3.63) is 76.1 Å². The molecule has 146 valence electrons. The Morgan fingerprint density at radius 1 is 1.21 bits per heavy atom. The number of thioether (sulfide) groups is 1. The van der Waals surface area contributed by atoms with E-state index in [1.807, 2.05) is 0 Å². The summed E-state index contributed by atoms with van der Waals surface area (Å²) in [6.45, 7) is 1.81. The Morgan fingerprint density at radius 3 is 2.64 bits per heavy atom. The van der Waals surface area contributed by atoms with Crippen LogP contribution in [0.15, 0.2) is 57.9 Å². The zero-order valence-corrected chi connectivity index (χ0v) is 16.1. The summed E-state index contributed by atoms with van der Waals surface area (Å²) in [5.74, 6) is 0.599. The summed E-state index contributed by atoms with van der Waals surface area (Å²) >= 11 is 6.98. The number of halogens is 4. The molecule has 0 unspecified atom stereocenters. The third-order valence-corrected chi connectivity index (χ3v) is 5.13. The van der Waals surface area contributed by atoms with Gasteiger partial charge in [-0.2, -0.15) is 13.2 Å². The Balaban J connectivity index is 1.78. The van der Waals surface area contributed by atoms with E-state index in [4.69, 9.17) is 16.1 Å². The number of nitrogens with zero attached hydrogens (tertiary/aromatic N) is 1. The van der Waals surface area contributed by atoms with Crippen molar-refractivity contribution in [1.29, 1.82) is 0 Å². The fourth-order valence-electron chi connectivity index (χ4n) is 2.43. The predicted octanol–water partition coefficient (Wildman–Crippen LogP) is 6.20. The van der Waals surface area contributed by atoms with Crippen LogP contribution < -0.4 is 5.32 Å². The molecule has 0 bridgehead atoms. The second kappa shape index (κ2) is 8.28. The lowest BCUT2D eigenvalue weighted by atomic mass is 10.1. The van der Waals surface area contributed by atoms with Gasteiger partial charge in [0.2, 0.25) is 0 Å². The summed E-state index contributed by atoms with van der Waals surface area (Å²) in [4.78, 5) is 13.3. The van der Waals surface area contributed by atoms with Crippen LogP contribution in [0.1, 0.15) is 27.4 Å². The van der Waals surface area contributed by atoms with Crippen LogP contribution in [0.5, 0.6) is 0 Å². The van der Waals surface area contributed by atoms with Crippen molar-refractivity contribution < 1.29 is 22.5 Å². The number of benzene rings is 2. The molecule has 0 radical (unpaired) electrons. The van der Waals surface area contributed by atoms with Crippen LogP contribution in [0.2, 0.25) is 5.02 Å². The first-order valence-electron chi connectivity index (χ1n) is 8.06. The molecule has 0 fully saturated rings. The van der Waals surface area contributed by atoms with Crippen LogP contribution in [-0.2, 0) is 11.9 Å². The van der Waals surface area contributed by atoms with Crippen molar-refractivity contribution in [1.82, 2.24) is 5.16 Å². The van der Waals surface area contributed by atoms with E-state index in [2.05, 4.69) is 10.5 Å². The van der Waals surface area contributed by atoms with Crippen molar-refractivity contribution in [2.45, 2.75) is 23.7 Å². The molecule has 0 saturated carbocycles. The van der Waals surface area contributed by atoms with Gasteiger partial charge >= 0.3 is 6.18 Å². The maximum Gasteiger partial charge on any atom is 0.417 e. The summed E-state index contributed by atoms with van der Waals surface area (Å²) in [5.41, 5.74) is 0.0970. The number of anilines is 1. The van der Waals surface area contributed by atoms with Gasteiger partial charge in [-0.15, -0.1) is 11.8 Å². The van der Waals surface area contributed by atoms with E-state index in [1.165, 1.54) is 17.8 Å². The fourth-order valence-corrected chi connectivity index (χ4v) is 3.58. The van der Waals surface area contributed by atoms with Gasteiger partial charge in [0.25, 0.3) is 5.91 Å². The van der Waals surface area contributed by atoms with Crippen LogP contribution in [0, 0.1) is 6.92 Å². The van der Waals surface area contributed by atoms with Crippen molar-refractivity contribution in [3.8, 4) is 0 Å². The number of nitrogens with one attached hydrogen (secondary N) is 1. The van der Waals surface area contributed by atoms with Gasteiger partial charge < -0.3 is 9.84 Å². The SMILES string of the molecule is Cc1cc(CSc2ccccc2C(=O)Nc2ccc(Cl)c(C(F)(F)F)c2)on1. The molecule has 1 aromatic heterocycles. The largest absolute Gasteiger partial charge is 0.417 e. The minimum atomic E-state index is -4.61. The van der Waals surface area contributed by atoms with E-state index in [1.54, 1.807) is 37.3 Å². The van der Waals surface area contributed by atoms with Gasteiger partial charge in [0.1, 0.15) is 5.76 Å². The Hall–Kier alpha value is -2.45. The number of carbonyl (C=O) groups excluding carboxylic acids is 1. The topological polar surface area (TPSA) is 55.1 Å². The van der Waals surface area contributed by atoms with Crippen molar-refractivity contribution >= 4 is 35.0 Å². The van der Waals surface area contributed by atoms with E-state index in [9.17, 15) is 18.0 Å². The first kappa shape index (κ1) is 20.3. The molecule has 0 aliphatic carbocycles. The van der Waals surface area contributed by atoms with Crippen LogP contribution in [0.3, 0.4) is 0 Å². The molecule has 0 saturated heterocycles. The molecule has 1 amide bonds. The molecule has 0 aliphatic heterocycles. The van der Waals surface area contributed by atoms with Gasteiger partial charge in [-0.1, -0.05) is 28.9 Å². The van der Waals surface area contributed by atoms with Crippen LogP contribution >= 0.6 is 23.4 Å². The highest BCUT2D eigenvalue weighted by Crippen LogP contribution is 2.36. The van der Waals surface area contributed by atoms with Crippen molar-refractivity contribution in [3.63, 3.8) is 0 Å². The third-order valence-electron chi connectivity index (χ3n) is 3.71. The normalized spacial score (nSPS) is 11.5. The lowest BCUT2D eigenvalue weighted by molar-refractivity contribution is -0.137. The van der Waals surface area contributed by atoms with Gasteiger partial charge in [0.05, 0.1) is 27.6 Å². The minimum Gasteiger partial charge on any atom is -0.360 e. The van der Waals surface area contributed by atoms with Gasteiger partial charge in [-0.3, -0.25) is 4.79 Å². The minimum absolute atomic E-state index is 0.00684. The first-order valence-corrected chi connectivity index (χ1v) is 9.42. The number of hydrogen-bond acceptors (Lipinski definition) is 4. The maximum absolute atomic E-state index is 13.0. The highest BCUT2D eigenvalue weighted by atomic mass is 35.5. The molecular weight excluding hydrogens is 413 g/mol. The van der Waals surface area contributed by atoms with Gasteiger partial charge in [0, 0.05) is 16.6 Å². The van der Waals surface area contributed by atoms with E-state index in [-0.39, 0.29) is 5.69 Å². The summed E-state index contributed by atoms with van der Waals surface area (Å²) in [5, 5.41) is 5.87. The third kappa shape index (κ3) is 4.88. The second-order valence-electron chi connectivity index (χ2n) is 5.87. The Labute approximate surface area is 168 Å². The second-order valence-corrected chi connectivity index (χ2v) is 7.29. The van der Waals surface area contributed by atoms with Crippen LogP contribution in [0.4, 0.5) is 18.9 Å². The molecule has 0 spiro atoms. The van der Waals surface area contributed by atoms with Gasteiger partial charge in [-0.05, 0) is 37.3 Å². The molecule has 2 aromatic carbocycles. The van der Waals surface area contributed by atoms with E-state index >= 15 is 0 Å². The Morgan fingerprint density at radius 2 is 1.96 bits per heavy atom. The lowest BCUT2D eigenvalue weighted by Gasteiger charge is -2.13. The number of amides is 1. The Kier molecular flexibility index (Phi) is 6.00. The summed E-state index contributed by atoms with van der Waals surface area (Å²) in [6.07, 6.45) is -4.61. The van der Waals surface area contributed by atoms with Crippen LogP contribution in [0.25, 0.3) is 0 Å². The van der Waals surface area contributed by atoms with E-state index in [0.717, 1.165) is 17.8 Å². The molecule has 28 heavy (non-hydrogen) atoms. The average Bonchev–Trinajstić information content (AvgIpc) is 3.06. The zero-order valence-electron chi connectivity index (χ0n) is 14.5. The zero-order chi connectivity index (χ0) is 20.3. The molecule has 0 atom stereocenters. The summed E-state index contributed by atoms with van der Waals surface area (Å²) in [7, 11) is 0. The molecular formula is C19H14ClF3N2O2S. The van der Waals surface area contributed by atoms with Crippen LogP contribution in [-0.4, -0.2) is 11.1 Å². The van der Waals surface area contributed by atoms with E-state index in [0.29, 0.717) is 22.0 Å². The highest BCUT2D eigenvalue weighted by Gasteiger charge is 2.33. The van der Waals surface area contributed by atoms with Crippen molar-refractivity contribution in [2.75, 3.05) is 5.32 Å². The molecule has 3 aromatic rings. The monoisotopic (exact) mass is 426 g/mol. The number of carbonyl (C=O) groups is 1. The quantitative estimate of drug-likeness (QED) is 0.493. The molecule has 3 rings (SSSR count). The van der Waals surface area contributed by atoms with Gasteiger partial charge in [0.15, 0.2) is 0 Å². The predicted molar refractivity (Wildman–Crippen MR) is 102 cm³/mol. The lowest BCUT2D eigenvalue weighted by Crippen LogP contribution is -2.14. The number of rotatable bonds is 5. The average molecular weight is 427 g/mol. The standard InChI is InChI=1S/C19H14ClF3N2O2S/c1-11-8-13(27-25-11)10-28-17-5-3-2-4-14(17)18(26)24-12-6-7-16(20)15(9-12)19(21,22)23/h2-9H,10H2,1H3,(H,24,26). The molecule has 4 nitrogen and oxygen atoms in total. The Bertz CT molecular complexity index is 1000.